The zero-order valence-electron chi connectivity index (χ0n) is 19.7. The number of benzene rings is 4. The average molecular weight is 452 g/mol. The van der Waals surface area contributed by atoms with Crippen LogP contribution in [0.3, 0.4) is 0 Å². The molecule has 0 heterocycles. The van der Waals surface area contributed by atoms with E-state index in [0.29, 0.717) is 5.75 Å². The van der Waals surface area contributed by atoms with E-state index >= 15 is 0 Å². The fourth-order valence-electron chi connectivity index (χ4n) is 3.99. The minimum absolute atomic E-state index is 0.0994. The van der Waals surface area contributed by atoms with Gasteiger partial charge in [0.1, 0.15) is 17.2 Å². The number of amides is 1. The third kappa shape index (κ3) is 5.29. The number of fused-ring (bicyclic) bond motifs is 1. The molecule has 4 aromatic rings. The van der Waals surface area contributed by atoms with Crippen molar-refractivity contribution in [1.82, 2.24) is 5.32 Å². The van der Waals surface area contributed by atoms with Crippen molar-refractivity contribution in [2.75, 3.05) is 0 Å². The lowest BCUT2D eigenvalue weighted by molar-refractivity contribution is -0.116. The molecule has 4 nitrogen and oxygen atoms in total. The van der Waals surface area contributed by atoms with Crippen molar-refractivity contribution in [1.29, 1.82) is 0 Å². The monoisotopic (exact) mass is 451 g/mol. The largest absolute Gasteiger partial charge is 0.508 e. The van der Waals surface area contributed by atoms with Gasteiger partial charge >= 0.3 is 0 Å². The van der Waals surface area contributed by atoms with Gasteiger partial charge in [0.2, 0.25) is 5.91 Å². The first-order valence-corrected chi connectivity index (χ1v) is 11.5. The molecule has 2 N–H and O–H groups in total. The average Bonchev–Trinajstić information content (AvgIpc) is 2.83. The Balaban J connectivity index is 1.74. The van der Waals surface area contributed by atoms with Crippen molar-refractivity contribution in [2.45, 2.75) is 33.2 Å². The van der Waals surface area contributed by atoms with E-state index in [9.17, 15) is 9.90 Å². The third-order valence-corrected chi connectivity index (χ3v) is 5.56. The first kappa shape index (κ1) is 23.1. The molecule has 0 unspecified atom stereocenters. The summed E-state index contributed by atoms with van der Waals surface area (Å²) in [6.45, 7) is 5.98. The van der Waals surface area contributed by atoms with Crippen LogP contribution in [-0.4, -0.2) is 17.1 Å². The molecular formula is C30H29NO3. The highest BCUT2D eigenvalue weighted by Gasteiger charge is 2.17. The highest BCUT2D eigenvalue weighted by Crippen LogP contribution is 2.43. The number of ether oxygens (including phenoxy) is 1. The summed E-state index contributed by atoms with van der Waals surface area (Å²) in [5, 5.41) is 14.8. The second-order valence-corrected chi connectivity index (χ2v) is 8.53. The van der Waals surface area contributed by atoms with Gasteiger partial charge < -0.3 is 15.2 Å². The first-order valence-electron chi connectivity index (χ1n) is 11.5. The van der Waals surface area contributed by atoms with Crippen LogP contribution in [-0.2, 0) is 11.2 Å². The lowest BCUT2D eigenvalue weighted by Gasteiger charge is -2.18. The van der Waals surface area contributed by atoms with E-state index in [0.717, 1.165) is 45.2 Å². The van der Waals surface area contributed by atoms with E-state index in [1.54, 1.807) is 18.2 Å². The maximum absolute atomic E-state index is 11.9. The lowest BCUT2D eigenvalue weighted by atomic mass is 9.92. The zero-order chi connectivity index (χ0) is 24.1. The normalized spacial score (nSPS) is 11.3. The Kier molecular flexibility index (Phi) is 6.98. The predicted octanol–water partition coefficient (Wildman–Crippen LogP) is 7.10. The summed E-state index contributed by atoms with van der Waals surface area (Å²) in [4.78, 5) is 11.9. The number of hydrogen-bond donors (Lipinski definition) is 2. The van der Waals surface area contributed by atoms with Crippen molar-refractivity contribution in [3.8, 4) is 28.4 Å². The molecule has 0 aliphatic heterocycles. The summed E-state index contributed by atoms with van der Waals surface area (Å²) in [7, 11) is 0. The fourth-order valence-corrected chi connectivity index (χ4v) is 3.99. The molecule has 4 aromatic carbocycles. The molecule has 0 atom stereocenters. The Morgan fingerprint density at radius 1 is 1.00 bits per heavy atom. The molecule has 0 fully saturated rings. The number of phenols is 1. The van der Waals surface area contributed by atoms with E-state index < -0.39 is 0 Å². The Labute approximate surface area is 200 Å². The zero-order valence-corrected chi connectivity index (χ0v) is 19.7. The molecule has 4 heteroatoms. The van der Waals surface area contributed by atoms with Crippen molar-refractivity contribution in [3.63, 3.8) is 0 Å². The molecule has 1 amide bonds. The highest BCUT2D eigenvalue weighted by molar-refractivity contribution is 5.98. The Bertz CT molecular complexity index is 1320. The standard InChI is InChI=1S/C30H29NO3/c1-4-22-18-24-19-25(32)13-16-27(24)30(29(22)23-8-6-5-7-9-23)34-26-14-10-21(11-15-26)12-17-28(33)31-20(2)3/h5-20,32H,4H2,1-3H3,(H,31,33)/b17-12+. The van der Waals surface area contributed by atoms with Crippen LogP contribution in [0.1, 0.15) is 31.9 Å². The summed E-state index contributed by atoms with van der Waals surface area (Å²) in [6, 6.07) is 25.5. The van der Waals surface area contributed by atoms with E-state index in [-0.39, 0.29) is 17.7 Å². The van der Waals surface area contributed by atoms with Crippen LogP contribution in [0.2, 0.25) is 0 Å². The molecule has 4 rings (SSSR count). The van der Waals surface area contributed by atoms with Crippen LogP contribution in [0, 0.1) is 0 Å². The van der Waals surface area contributed by atoms with Gasteiger partial charge in [-0.05, 0) is 78.8 Å². The summed E-state index contributed by atoms with van der Waals surface area (Å²) in [5.41, 5.74) is 4.19. The number of rotatable bonds is 7. The van der Waals surface area contributed by atoms with Crippen LogP contribution in [0.4, 0.5) is 0 Å². The maximum atomic E-state index is 11.9. The summed E-state index contributed by atoms with van der Waals surface area (Å²) in [6.07, 6.45) is 4.15. The van der Waals surface area contributed by atoms with Gasteiger partial charge in [0, 0.05) is 23.1 Å². The van der Waals surface area contributed by atoms with Gasteiger partial charge in [0.15, 0.2) is 0 Å². The van der Waals surface area contributed by atoms with Crippen LogP contribution in [0.25, 0.3) is 28.0 Å². The van der Waals surface area contributed by atoms with Crippen LogP contribution in [0.15, 0.2) is 84.9 Å². The molecule has 34 heavy (non-hydrogen) atoms. The van der Waals surface area contributed by atoms with E-state index in [1.165, 1.54) is 6.08 Å². The number of aromatic hydroxyl groups is 1. The van der Waals surface area contributed by atoms with Crippen molar-refractivity contribution < 1.29 is 14.6 Å². The van der Waals surface area contributed by atoms with Gasteiger partial charge in [0.25, 0.3) is 0 Å². The number of hydrogen-bond acceptors (Lipinski definition) is 3. The van der Waals surface area contributed by atoms with Gasteiger partial charge in [-0.2, -0.15) is 0 Å². The summed E-state index contributed by atoms with van der Waals surface area (Å²) < 4.78 is 6.51. The van der Waals surface area contributed by atoms with Gasteiger partial charge in [-0.1, -0.05) is 55.5 Å². The van der Waals surface area contributed by atoms with Crippen LogP contribution >= 0.6 is 0 Å². The number of carbonyl (C=O) groups excluding carboxylic acids is 1. The van der Waals surface area contributed by atoms with Crippen molar-refractivity contribution in [2.24, 2.45) is 0 Å². The predicted molar refractivity (Wildman–Crippen MR) is 139 cm³/mol. The lowest BCUT2D eigenvalue weighted by Crippen LogP contribution is -2.28. The molecule has 0 aliphatic rings. The quantitative estimate of drug-likeness (QED) is 0.295. The molecule has 0 bridgehead atoms. The fraction of sp³-hybridized carbons (Fsp3) is 0.167. The molecule has 0 radical (unpaired) electrons. The number of aryl methyl sites for hydroxylation is 1. The van der Waals surface area contributed by atoms with Crippen LogP contribution in [0.5, 0.6) is 17.2 Å². The molecule has 0 saturated heterocycles. The second kappa shape index (κ2) is 10.3. The maximum Gasteiger partial charge on any atom is 0.244 e. The van der Waals surface area contributed by atoms with Crippen molar-refractivity contribution in [3.05, 3.63) is 96.1 Å². The second-order valence-electron chi connectivity index (χ2n) is 8.53. The minimum Gasteiger partial charge on any atom is -0.508 e. The summed E-state index contributed by atoms with van der Waals surface area (Å²) >= 11 is 0. The Morgan fingerprint density at radius 2 is 1.74 bits per heavy atom. The molecular weight excluding hydrogens is 422 g/mol. The van der Waals surface area contributed by atoms with E-state index in [2.05, 4.69) is 30.4 Å². The Morgan fingerprint density at radius 3 is 2.41 bits per heavy atom. The topological polar surface area (TPSA) is 58.6 Å². The smallest absolute Gasteiger partial charge is 0.244 e. The third-order valence-electron chi connectivity index (χ3n) is 5.56. The van der Waals surface area contributed by atoms with Gasteiger partial charge in [0.05, 0.1) is 0 Å². The Hall–Kier alpha value is -4.05. The van der Waals surface area contributed by atoms with Crippen molar-refractivity contribution >= 4 is 22.8 Å². The van der Waals surface area contributed by atoms with Gasteiger partial charge in [-0.25, -0.2) is 0 Å². The number of nitrogens with one attached hydrogen (secondary N) is 1. The molecule has 0 spiro atoms. The molecule has 0 saturated carbocycles. The number of carbonyl (C=O) groups is 1. The molecule has 0 aliphatic carbocycles. The van der Waals surface area contributed by atoms with E-state index in [1.807, 2.05) is 62.4 Å². The van der Waals surface area contributed by atoms with E-state index in [4.69, 9.17) is 4.74 Å². The van der Waals surface area contributed by atoms with Crippen LogP contribution < -0.4 is 10.1 Å². The summed E-state index contributed by atoms with van der Waals surface area (Å²) in [5.74, 6) is 1.57. The van der Waals surface area contributed by atoms with Gasteiger partial charge in [-0.15, -0.1) is 0 Å². The minimum atomic E-state index is -0.117. The first-order chi connectivity index (χ1) is 16.4. The SMILES string of the molecule is CCc1cc2cc(O)ccc2c(Oc2ccc(/C=C/C(=O)NC(C)C)cc2)c1-c1ccccc1. The molecule has 172 valence electrons. The molecule has 0 aromatic heterocycles. The highest BCUT2D eigenvalue weighted by atomic mass is 16.5. The van der Waals surface area contributed by atoms with Gasteiger partial charge in [-0.3, -0.25) is 4.79 Å². The number of phenolic OH excluding ortho intramolecular Hbond substituents is 1.